The standard InChI is InChI=1S/C30H38O16/c1-13(15-7-9-16(32)17(33)11-15)30(43)29(42,23(37)22(36)19(12-31)45-30)28(41)25(39)24(38)27(2,46-26(28)40)20(34)10-8-14-5-4-6-18(44-3)21(14)35/h4-11,13,19,22-26,31-33,35-43H,12H2,1-3H3/b10-8+/t13?,19-,22-,23+,24-,25-,26?,27-,28+,29-,30?/m1/s1. The van der Waals surface area contributed by atoms with Crippen LogP contribution in [0.4, 0.5) is 0 Å². The molecule has 2 aliphatic rings. The Morgan fingerprint density at radius 1 is 0.957 bits per heavy atom. The Morgan fingerprint density at radius 3 is 2.20 bits per heavy atom. The predicted molar refractivity (Wildman–Crippen MR) is 153 cm³/mol. The number of methoxy groups -OCH3 is 1. The molecule has 11 atom stereocenters. The second-order valence-corrected chi connectivity index (χ2v) is 11.6. The van der Waals surface area contributed by atoms with Crippen molar-refractivity contribution in [2.75, 3.05) is 13.7 Å². The third-order valence-corrected chi connectivity index (χ3v) is 9.09. The van der Waals surface area contributed by atoms with E-state index in [4.69, 9.17) is 14.2 Å². The third kappa shape index (κ3) is 5.02. The van der Waals surface area contributed by atoms with Gasteiger partial charge in [0, 0.05) is 11.5 Å². The van der Waals surface area contributed by atoms with E-state index in [1.807, 2.05) is 0 Å². The molecular weight excluding hydrogens is 616 g/mol. The molecule has 2 aliphatic heterocycles. The lowest BCUT2D eigenvalue weighted by molar-refractivity contribution is -0.471. The fraction of sp³-hybridized carbons (Fsp3) is 0.500. The molecule has 16 nitrogen and oxygen atoms in total. The Labute approximate surface area is 261 Å². The summed E-state index contributed by atoms with van der Waals surface area (Å²) in [6.07, 6.45) is -13.3. The number of hydrogen-bond acceptors (Lipinski definition) is 16. The van der Waals surface area contributed by atoms with Gasteiger partial charge in [0.05, 0.1) is 13.7 Å². The van der Waals surface area contributed by atoms with Crippen LogP contribution in [0, 0.1) is 0 Å². The number of carbonyl (C=O) groups is 1. The van der Waals surface area contributed by atoms with Gasteiger partial charge in [-0.3, -0.25) is 4.79 Å². The van der Waals surface area contributed by atoms with Crippen LogP contribution in [0.3, 0.4) is 0 Å². The lowest BCUT2D eigenvalue weighted by Crippen LogP contribution is -2.89. The van der Waals surface area contributed by atoms with Crippen LogP contribution >= 0.6 is 0 Å². The summed E-state index contributed by atoms with van der Waals surface area (Å²) < 4.78 is 15.8. The summed E-state index contributed by atoms with van der Waals surface area (Å²) in [4.78, 5) is 13.3. The summed E-state index contributed by atoms with van der Waals surface area (Å²) >= 11 is 0. The molecule has 0 saturated carbocycles. The smallest absolute Gasteiger partial charge is 0.208 e. The molecule has 2 saturated heterocycles. The van der Waals surface area contributed by atoms with E-state index in [0.29, 0.717) is 0 Å². The fourth-order valence-electron chi connectivity index (χ4n) is 6.06. The van der Waals surface area contributed by atoms with E-state index in [2.05, 4.69) is 0 Å². The highest BCUT2D eigenvalue weighted by molar-refractivity contribution is 6.00. The van der Waals surface area contributed by atoms with E-state index in [1.54, 1.807) is 0 Å². The number of carbonyl (C=O) groups excluding carboxylic acids is 1. The summed E-state index contributed by atoms with van der Waals surface area (Å²) in [5.74, 6) is -7.77. The van der Waals surface area contributed by atoms with Crippen LogP contribution in [0.25, 0.3) is 6.08 Å². The number of aromatic hydroxyl groups is 3. The summed E-state index contributed by atoms with van der Waals surface area (Å²) in [7, 11) is 1.30. The zero-order chi connectivity index (χ0) is 34.6. The molecule has 0 amide bonds. The molecule has 0 radical (unpaired) electrons. The Morgan fingerprint density at radius 2 is 1.61 bits per heavy atom. The van der Waals surface area contributed by atoms with Gasteiger partial charge in [-0.25, -0.2) is 0 Å². The molecule has 46 heavy (non-hydrogen) atoms. The van der Waals surface area contributed by atoms with Gasteiger partial charge in [0.1, 0.15) is 30.5 Å². The molecule has 2 aromatic rings. The first-order valence-electron chi connectivity index (χ1n) is 14.0. The summed E-state index contributed by atoms with van der Waals surface area (Å²) in [6.45, 7) is 0.989. The lowest BCUT2D eigenvalue weighted by atomic mass is 9.59. The molecular formula is C30H38O16. The number of phenolic OH excluding ortho intramolecular Hbond substituents is 3. The fourth-order valence-corrected chi connectivity index (χ4v) is 6.06. The maximum Gasteiger partial charge on any atom is 0.208 e. The van der Waals surface area contributed by atoms with Crippen molar-refractivity contribution in [2.24, 2.45) is 0 Å². The first-order valence-corrected chi connectivity index (χ1v) is 14.0. The van der Waals surface area contributed by atoms with Gasteiger partial charge in [-0.15, -0.1) is 0 Å². The van der Waals surface area contributed by atoms with Crippen molar-refractivity contribution in [1.82, 2.24) is 0 Å². The molecule has 4 rings (SSSR count). The highest BCUT2D eigenvalue weighted by Crippen LogP contribution is 2.55. The third-order valence-electron chi connectivity index (χ3n) is 9.09. The number of rotatable bonds is 8. The minimum absolute atomic E-state index is 0.0713. The zero-order valence-electron chi connectivity index (χ0n) is 24.9. The molecule has 2 aromatic carbocycles. The van der Waals surface area contributed by atoms with Crippen LogP contribution < -0.4 is 4.74 Å². The quantitative estimate of drug-likeness (QED) is 0.102. The van der Waals surface area contributed by atoms with Gasteiger partial charge in [-0.2, -0.15) is 0 Å². The van der Waals surface area contributed by atoms with E-state index in [-0.39, 0.29) is 22.6 Å². The highest BCUT2D eigenvalue weighted by Gasteiger charge is 2.80. The molecule has 254 valence electrons. The molecule has 0 aromatic heterocycles. The van der Waals surface area contributed by atoms with Crippen LogP contribution in [0.1, 0.15) is 30.9 Å². The van der Waals surface area contributed by atoms with Crippen molar-refractivity contribution in [3.8, 4) is 23.0 Å². The molecule has 0 spiro atoms. The molecule has 2 fully saturated rings. The van der Waals surface area contributed by atoms with Crippen LogP contribution in [-0.2, 0) is 14.3 Å². The van der Waals surface area contributed by atoms with E-state index in [1.165, 1.54) is 25.3 Å². The first kappa shape index (κ1) is 35.5. The first-order chi connectivity index (χ1) is 21.4. The van der Waals surface area contributed by atoms with Gasteiger partial charge in [-0.1, -0.05) is 25.1 Å². The van der Waals surface area contributed by atoms with Crippen molar-refractivity contribution in [2.45, 2.75) is 79.2 Å². The Kier molecular flexibility index (Phi) is 9.50. The number of phenols is 3. The van der Waals surface area contributed by atoms with Crippen molar-refractivity contribution in [3.05, 3.63) is 53.6 Å². The monoisotopic (exact) mass is 654 g/mol. The summed E-state index contributed by atoms with van der Waals surface area (Å²) in [5.41, 5.74) is -10.2. The highest BCUT2D eigenvalue weighted by atomic mass is 16.7. The number of hydrogen-bond donors (Lipinski definition) is 12. The SMILES string of the molecule is COc1cccc(/C=C/C(=O)[C@@]2(C)OC(O)[C@](O)([C@]3(O)[C@@H](O)[C@H](O)[C@@H](CO)OC3(O)C(C)c3ccc(O)c(O)c3)[C@H](O)[C@H]2O)c1O. The zero-order valence-corrected chi connectivity index (χ0v) is 24.9. The minimum Gasteiger partial charge on any atom is -0.504 e. The van der Waals surface area contributed by atoms with Crippen molar-refractivity contribution in [1.29, 1.82) is 0 Å². The molecule has 0 bridgehead atoms. The number of ketones is 1. The van der Waals surface area contributed by atoms with Gasteiger partial charge in [-0.05, 0) is 42.8 Å². The van der Waals surface area contributed by atoms with Crippen molar-refractivity contribution >= 4 is 11.9 Å². The number of ether oxygens (including phenoxy) is 3. The maximum atomic E-state index is 13.3. The van der Waals surface area contributed by atoms with Crippen LogP contribution in [0.15, 0.2) is 42.5 Å². The molecule has 0 aliphatic carbocycles. The second-order valence-electron chi connectivity index (χ2n) is 11.6. The largest absolute Gasteiger partial charge is 0.504 e. The van der Waals surface area contributed by atoms with Crippen molar-refractivity contribution in [3.63, 3.8) is 0 Å². The van der Waals surface area contributed by atoms with Crippen LogP contribution in [0.2, 0.25) is 0 Å². The molecule has 16 heteroatoms. The molecule has 2 heterocycles. The van der Waals surface area contributed by atoms with E-state index in [0.717, 1.165) is 44.2 Å². The topological polar surface area (TPSA) is 288 Å². The van der Waals surface area contributed by atoms with Crippen LogP contribution in [0.5, 0.6) is 23.0 Å². The number of para-hydroxylation sites is 1. The number of aliphatic hydroxyl groups excluding tert-OH is 6. The van der Waals surface area contributed by atoms with E-state index in [9.17, 15) is 66.1 Å². The predicted octanol–water partition coefficient (Wildman–Crippen LogP) is -2.71. The van der Waals surface area contributed by atoms with E-state index >= 15 is 0 Å². The Balaban J connectivity index is 1.79. The summed E-state index contributed by atoms with van der Waals surface area (Å²) in [5, 5.41) is 131. The van der Waals surface area contributed by atoms with Gasteiger partial charge in [0.2, 0.25) is 5.79 Å². The Hall–Kier alpha value is -3.39. The Bertz CT molecular complexity index is 1480. The van der Waals surface area contributed by atoms with Gasteiger partial charge in [0.15, 0.2) is 51.9 Å². The van der Waals surface area contributed by atoms with Crippen LogP contribution in [-0.4, -0.2) is 140 Å². The second kappa shape index (κ2) is 12.3. The average molecular weight is 655 g/mol. The molecule has 12 N–H and O–H groups in total. The number of aliphatic hydroxyl groups is 9. The lowest BCUT2D eigenvalue weighted by Gasteiger charge is -2.64. The van der Waals surface area contributed by atoms with E-state index < -0.39 is 89.2 Å². The minimum atomic E-state index is -3.82. The van der Waals surface area contributed by atoms with Gasteiger partial charge < -0.3 is 75.5 Å². The summed E-state index contributed by atoms with van der Waals surface area (Å²) in [6, 6.07) is 7.39. The van der Waals surface area contributed by atoms with Crippen molar-refractivity contribution < 1.29 is 80.3 Å². The molecule has 3 unspecified atom stereocenters. The maximum absolute atomic E-state index is 13.3. The van der Waals surface area contributed by atoms with Gasteiger partial charge >= 0.3 is 0 Å². The average Bonchev–Trinajstić information content (AvgIpc) is 3.03. The normalized spacial score (nSPS) is 38.9. The number of benzene rings is 2. The van der Waals surface area contributed by atoms with Gasteiger partial charge in [0.25, 0.3) is 0 Å².